The quantitative estimate of drug-likeness (QED) is 0.499. The van der Waals surface area contributed by atoms with Crippen LogP contribution >= 0.6 is 0 Å². The van der Waals surface area contributed by atoms with Gasteiger partial charge in [-0.05, 0) is 6.92 Å². The molecule has 1 rings (SSSR count). The molecular formula is C11H20N4O3. The standard InChI is InChI=1S/C11H20N4O3/c1-8-11(18)14-5-6-15(8)7-10(17)13-4-3-12-9(2)16/h8H,3-7H2,1-2H3,(H,12,16)(H,13,17)(H,14,18)/t8-/m1/s1. The molecule has 0 aromatic rings. The lowest BCUT2D eigenvalue weighted by Gasteiger charge is -2.31. The topological polar surface area (TPSA) is 90.5 Å². The van der Waals surface area contributed by atoms with E-state index in [2.05, 4.69) is 16.0 Å². The second-order valence-corrected chi connectivity index (χ2v) is 4.27. The second-order valence-electron chi connectivity index (χ2n) is 4.27. The minimum atomic E-state index is -0.278. The van der Waals surface area contributed by atoms with Crippen LogP contribution < -0.4 is 16.0 Å². The van der Waals surface area contributed by atoms with Crippen LogP contribution in [0.4, 0.5) is 0 Å². The van der Waals surface area contributed by atoms with Crippen LogP contribution in [-0.2, 0) is 14.4 Å². The number of hydrogen-bond donors (Lipinski definition) is 3. The van der Waals surface area contributed by atoms with Gasteiger partial charge in [0.25, 0.3) is 0 Å². The van der Waals surface area contributed by atoms with Crippen LogP contribution in [0.3, 0.4) is 0 Å². The molecule has 0 spiro atoms. The molecule has 0 aliphatic carbocycles. The SMILES string of the molecule is CC(=O)NCCNC(=O)CN1CCNC(=O)[C@H]1C. The number of rotatable bonds is 5. The van der Waals surface area contributed by atoms with Gasteiger partial charge in [-0.2, -0.15) is 0 Å². The number of piperazine rings is 1. The summed E-state index contributed by atoms with van der Waals surface area (Å²) in [6, 6.07) is -0.278. The average Bonchev–Trinajstić information content (AvgIpc) is 2.30. The van der Waals surface area contributed by atoms with Crippen LogP contribution in [0.15, 0.2) is 0 Å². The molecular weight excluding hydrogens is 236 g/mol. The Bertz CT molecular complexity index is 332. The predicted octanol–water partition coefficient (Wildman–Crippen LogP) is -1.94. The minimum absolute atomic E-state index is 0.0488. The highest BCUT2D eigenvalue weighted by Crippen LogP contribution is 2.02. The molecule has 7 nitrogen and oxygen atoms in total. The van der Waals surface area contributed by atoms with Crippen LogP contribution in [0.1, 0.15) is 13.8 Å². The molecule has 1 atom stereocenters. The van der Waals surface area contributed by atoms with Crippen LogP contribution in [-0.4, -0.2) is 61.4 Å². The molecule has 0 unspecified atom stereocenters. The zero-order chi connectivity index (χ0) is 13.5. The first-order chi connectivity index (χ1) is 8.50. The minimum Gasteiger partial charge on any atom is -0.355 e. The predicted molar refractivity (Wildman–Crippen MR) is 65.7 cm³/mol. The zero-order valence-corrected chi connectivity index (χ0v) is 10.8. The number of carbonyl (C=O) groups excluding carboxylic acids is 3. The van der Waals surface area contributed by atoms with Gasteiger partial charge in [0.2, 0.25) is 17.7 Å². The van der Waals surface area contributed by atoms with E-state index >= 15 is 0 Å². The van der Waals surface area contributed by atoms with Crippen LogP contribution in [0.25, 0.3) is 0 Å². The number of nitrogens with one attached hydrogen (secondary N) is 3. The first kappa shape index (κ1) is 14.4. The van der Waals surface area contributed by atoms with Crippen molar-refractivity contribution in [2.45, 2.75) is 19.9 Å². The fraction of sp³-hybridized carbons (Fsp3) is 0.727. The summed E-state index contributed by atoms with van der Waals surface area (Å²) in [7, 11) is 0. The fourth-order valence-electron chi connectivity index (χ4n) is 1.73. The monoisotopic (exact) mass is 256 g/mol. The first-order valence-electron chi connectivity index (χ1n) is 6.03. The van der Waals surface area contributed by atoms with E-state index in [9.17, 15) is 14.4 Å². The fourth-order valence-corrected chi connectivity index (χ4v) is 1.73. The van der Waals surface area contributed by atoms with Crippen molar-refractivity contribution in [1.29, 1.82) is 0 Å². The van der Waals surface area contributed by atoms with Gasteiger partial charge in [-0.1, -0.05) is 0 Å². The Morgan fingerprint density at radius 1 is 1.39 bits per heavy atom. The largest absolute Gasteiger partial charge is 0.355 e. The van der Waals surface area contributed by atoms with Gasteiger partial charge >= 0.3 is 0 Å². The van der Waals surface area contributed by atoms with Gasteiger partial charge in [-0.25, -0.2) is 0 Å². The number of hydrogen-bond acceptors (Lipinski definition) is 4. The highest BCUT2D eigenvalue weighted by molar-refractivity contribution is 5.84. The van der Waals surface area contributed by atoms with E-state index in [-0.39, 0.29) is 30.3 Å². The summed E-state index contributed by atoms with van der Waals surface area (Å²) in [6.45, 7) is 5.46. The summed E-state index contributed by atoms with van der Waals surface area (Å²) in [4.78, 5) is 35.4. The number of amides is 3. The highest BCUT2D eigenvalue weighted by atomic mass is 16.2. The summed E-state index contributed by atoms with van der Waals surface area (Å²) in [5.41, 5.74) is 0. The van der Waals surface area contributed by atoms with Crippen molar-refractivity contribution in [3.8, 4) is 0 Å². The normalized spacial score (nSPS) is 20.1. The molecule has 0 aromatic heterocycles. The maximum atomic E-state index is 11.6. The van der Waals surface area contributed by atoms with Crippen molar-refractivity contribution in [2.24, 2.45) is 0 Å². The molecule has 1 aliphatic heterocycles. The molecule has 0 saturated carbocycles. The van der Waals surface area contributed by atoms with Gasteiger partial charge in [0.05, 0.1) is 12.6 Å². The summed E-state index contributed by atoms with van der Waals surface area (Å²) < 4.78 is 0. The van der Waals surface area contributed by atoms with Crippen molar-refractivity contribution in [1.82, 2.24) is 20.9 Å². The summed E-state index contributed by atoms with van der Waals surface area (Å²) in [6.07, 6.45) is 0. The van der Waals surface area contributed by atoms with E-state index in [0.29, 0.717) is 26.2 Å². The van der Waals surface area contributed by atoms with Crippen molar-refractivity contribution in [2.75, 3.05) is 32.7 Å². The first-order valence-corrected chi connectivity index (χ1v) is 6.03. The van der Waals surface area contributed by atoms with Gasteiger partial charge in [0.1, 0.15) is 0 Å². The Balaban J connectivity index is 2.23. The van der Waals surface area contributed by atoms with Gasteiger partial charge < -0.3 is 16.0 Å². The Morgan fingerprint density at radius 2 is 2.06 bits per heavy atom. The lowest BCUT2D eigenvalue weighted by atomic mass is 10.2. The van der Waals surface area contributed by atoms with Gasteiger partial charge in [0, 0.05) is 33.1 Å². The smallest absolute Gasteiger partial charge is 0.237 e. The van der Waals surface area contributed by atoms with Crippen LogP contribution in [0, 0.1) is 0 Å². The Kier molecular flexibility index (Phi) is 5.57. The van der Waals surface area contributed by atoms with Crippen LogP contribution in [0.2, 0.25) is 0 Å². The number of nitrogens with zero attached hydrogens (tertiary/aromatic N) is 1. The Morgan fingerprint density at radius 3 is 2.72 bits per heavy atom. The molecule has 0 radical (unpaired) electrons. The molecule has 1 aliphatic rings. The lowest BCUT2D eigenvalue weighted by Crippen LogP contribution is -2.56. The highest BCUT2D eigenvalue weighted by Gasteiger charge is 2.26. The van der Waals surface area contributed by atoms with Crippen molar-refractivity contribution in [3.63, 3.8) is 0 Å². The van der Waals surface area contributed by atoms with E-state index in [1.807, 2.05) is 4.90 Å². The average molecular weight is 256 g/mol. The van der Waals surface area contributed by atoms with E-state index in [0.717, 1.165) is 0 Å². The molecule has 3 N–H and O–H groups in total. The van der Waals surface area contributed by atoms with E-state index in [1.54, 1.807) is 6.92 Å². The maximum absolute atomic E-state index is 11.6. The van der Waals surface area contributed by atoms with Crippen molar-refractivity contribution in [3.05, 3.63) is 0 Å². The molecule has 7 heteroatoms. The van der Waals surface area contributed by atoms with Crippen molar-refractivity contribution >= 4 is 17.7 Å². The number of carbonyl (C=O) groups is 3. The van der Waals surface area contributed by atoms with Gasteiger partial charge in [0.15, 0.2) is 0 Å². The third-order valence-corrected chi connectivity index (χ3v) is 2.79. The zero-order valence-electron chi connectivity index (χ0n) is 10.8. The second kappa shape index (κ2) is 6.95. The summed E-state index contributed by atoms with van der Waals surface area (Å²) in [5.74, 6) is -0.306. The van der Waals surface area contributed by atoms with E-state index in [4.69, 9.17) is 0 Å². The molecule has 1 saturated heterocycles. The Labute approximate surface area is 106 Å². The summed E-state index contributed by atoms with van der Waals surface area (Å²) in [5, 5.41) is 8.02. The van der Waals surface area contributed by atoms with Gasteiger partial charge in [-0.15, -0.1) is 0 Å². The van der Waals surface area contributed by atoms with Gasteiger partial charge in [-0.3, -0.25) is 19.3 Å². The Hall–Kier alpha value is -1.63. The third-order valence-electron chi connectivity index (χ3n) is 2.79. The lowest BCUT2D eigenvalue weighted by molar-refractivity contribution is -0.131. The molecule has 1 heterocycles. The molecule has 3 amide bonds. The van der Waals surface area contributed by atoms with Crippen molar-refractivity contribution < 1.29 is 14.4 Å². The molecule has 102 valence electrons. The molecule has 1 fully saturated rings. The van der Waals surface area contributed by atoms with E-state index in [1.165, 1.54) is 6.92 Å². The van der Waals surface area contributed by atoms with E-state index < -0.39 is 0 Å². The van der Waals surface area contributed by atoms with Crippen LogP contribution in [0.5, 0.6) is 0 Å². The molecule has 18 heavy (non-hydrogen) atoms. The molecule has 0 bridgehead atoms. The third kappa shape index (κ3) is 4.70. The summed E-state index contributed by atoms with van der Waals surface area (Å²) >= 11 is 0. The molecule has 0 aromatic carbocycles. The maximum Gasteiger partial charge on any atom is 0.237 e.